The molecule has 0 radical (unpaired) electrons. The minimum atomic E-state index is 0.623. The van der Waals surface area contributed by atoms with E-state index in [0.717, 1.165) is 19.0 Å². The quantitative estimate of drug-likeness (QED) is 0.614. The van der Waals surface area contributed by atoms with Crippen molar-refractivity contribution >= 4 is 0 Å². The summed E-state index contributed by atoms with van der Waals surface area (Å²) in [4.78, 5) is 0. The normalized spacial score (nSPS) is 26.1. The van der Waals surface area contributed by atoms with Gasteiger partial charge in [0.15, 0.2) is 0 Å². The number of hydrogen-bond donors (Lipinski definition) is 2. The van der Waals surface area contributed by atoms with Crippen molar-refractivity contribution in [2.45, 2.75) is 40.0 Å². The number of rotatable bonds is 7. The van der Waals surface area contributed by atoms with Crippen LogP contribution in [0.5, 0.6) is 0 Å². The summed E-state index contributed by atoms with van der Waals surface area (Å²) in [5.41, 5.74) is 6.18. The highest BCUT2D eigenvalue weighted by Crippen LogP contribution is 2.50. The molecule has 1 rings (SSSR count). The first kappa shape index (κ1) is 12.0. The number of hydrogen-bond acceptors (Lipinski definition) is 2. The van der Waals surface area contributed by atoms with E-state index < -0.39 is 0 Å². The number of nitrogens with one attached hydrogen (secondary N) is 1. The summed E-state index contributed by atoms with van der Waals surface area (Å²) < 4.78 is 0. The Balaban J connectivity index is 1.86. The average Bonchev–Trinajstić information content (AvgIpc) is 2.73. The lowest BCUT2D eigenvalue weighted by Gasteiger charge is -2.09. The van der Waals surface area contributed by atoms with Crippen molar-refractivity contribution in [2.24, 2.45) is 23.0 Å². The zero-order valence-electron chi connectivity index (χ0n) is 9.97. The second kappa shape index (κ2) is 5.13. The Kier molecular flexibility index (Phi) is 4.39. The maximum atomic E-state index is 5.56. The fourth-order valence-corrected chi connectivity index (χ4v) is 1.89. The molecule has 2 unspecified atom stereocenters. The van der Waals surface area contributed by atoms with Gasteiger partial charge in [-0.15, -0.1) is 0 Å². The molecule has 0 aromatic rings. The van der Waals surface area contributed by atoms with Gasteiger partial charge in [-0.3, -0.25) is 0 Å². The largest absolute Gasteiger partial charge is 0.330 e. The number of nitrogens with two attached hydrogens (primary N) is 1. The van der Waals surface area contributed by atoms with Crippen LogP contribution in [-0.2, 0) is 0 Å². The summed E-state index contributed by atoms with van der Waals surface area (Å²) in [7, 11) is 0. The molecule has 0 aromatic heterocycles. The van der Waals surface area contributed by atoms with Gasteiger partial charge >= 0.3 is 0 Å². The van der Waals surface area contributed by atoms with Crippen LogP contribution < -0.4 is 11.1 Å². The van der Waals surface area contributed by atoms with Crippen LogP contribution in [0.15, 0.2) is 0 Å². The summed E-state index contributed by atoms with van der Waals surface area (Å²) in [6.45, 7) is 10.1. The van der Waals surface area contributed by atoms with Gasteiger partial charge in [0.05, 0.1) is 0 Å². The van der Waals surface area contributed by atoms with Crippen LogP contribution in [0.1, 0.15) is 40.0 Å². The predicted molar refractivity (Wildman–Crippen MR) is 62.2 cm³/mol. The van der Waals surface area contributed by atoms with E-state index in [0.29, 0.717) is 11.3 Å². The van der Waals surface area contributed by atoms with E-state index in [9.17, 15) is 0 Å². The van der Waals surface area contributed by atoms with Crippen LogP contribution in [0, 0.1) is 17.3 Å². The highest BCUT2D eigenvalue weighted by atomic mass is 14.9. The third-order valence-electron chi connectivity index (χ3n) is 3.56. The smallest absolute Gasteiger partial charge is 0.00152 e. The van der Waals surface area contributed by atoms with Crippen molar-refractivity contribution in [1.29, 1.82) is 0 Å². The maximum absolute atomic E-state index is 5.56. The molecule has 1 saturated carbocycles. The van der Waals surface area contributed by atoms with Gasteiger partial charge in [0, 0.05) is 0 Å². The average molecular weight is 198 g/mol. The third-order valence-corrected chi connectivity index (χ3v) is 3.56. The summed E-state index contributed by atoms with van der Waals surface area (Å²) in [5.74, 6) is 1.61. The van der Waals surface area contributed by atoms with Crippen molar-refractivity contribution in [3.8, 4) is 0 Å². The molecular weight excluding hydrogens is 172 g/mol. The predicted octanol–water partition coefficient (Wildman–Crippen LogP) is 2.00. The fraction of sp³-hybridized carbons (Fsp3) is 1.00. The first-order valence-corrected chi connectivity index (χ1v) is 5.97. The molecule has 1 aliphatic rings. The Labute approximate surface area is 88.6 Å². The van der Waals surface area contributed by atoms with Crippen LogP contribution in [0.2, 0.25) is 0 Å². The minimum Gasteiger partial charge on any atom is -0.330 e. The van der Waals surface area contributed by atoms with Crippen molar-refractivity contribution < 1.29 is 0 Å². The Morgan fingerprint density at radius 3 is 2.64 bits per heavy atom. The monoisotopic (exact) mass is 198 g/mol. The van der Waals surface area contributed by atoms with E-state index in [-0.39, 0.29) is 0 Å². The molecule has 0 amide bonds. The summed E-state index contributed by atoms with van der Waals surface area (Å²) >= 11 is 0. The van der Waals surface area contributed by atoms with Crippen molar-refractivity contribution in [2.75, 3.05) is 19.6 Å². The van der Waals surface area contributed by atoms with Gasteiger partial charge < -0.3 is 11.1 Å². The zero-order chi connectivity index (χ0) is 10.6. The molecule has 1 fully saturated rings. The SMILES string of the molecule is CC(CN)CCCNCC1CC1(C)C. The van der Waals surface area contributed by atoms with E-state index in [4.69, 9.17) is 5.73 Å². The second-order valence-corrected chi connectivity index (χ2v) is 5.58. The van der Waals surface area contributed by atoms with Gasteiger partial charge in [0.1, 0.15) is 0 Å². The lowest BCUT2D eigenvalue weighted by Crippen LogP contribution is -2.21. The minimum absolute atomic E-state index is 0.623. The molecule has 2 nitrogen and oxygen atoms in total. The summed E-state index contributed by atoms with van der Waals surface area (Å²) in [6, 6.07) is 0. The van der Waals surface area contributed by atoms with E-state index in [2.05, 4.69) is 26.1 Å². The zero-order valence-corrected chi connectivity index (χ0v) is 9.97. The molecule has 84 valence electrons. The molecule has 3 N–H and O–H groups in total. The molecule has 0 aromatic carbocycles. The molecule has 0 aliphatic heterocycles. The standard InChI is InChI=1S/C12H26N2/c1-10(8-13)5-4-6-14-9-11-7-12(11,2)3/h10-11,14H,4-9,13H2,1-3H3. The topological polar surface area (TPSA) is 38.0 Å². The van der Waals surface area contributed by atoms with Crippen molar-refractivity contribution in [1.82, 2.24) is 5.32 Å². The molecule has 1 aliphatic carbocycles. The first-order valence-electron chi connectivity index (χ1n) is 5.97. The Hall–Kier alpha value is -0.0800. The van der Waals surface area contributed by atoms with E-state index in [1.807, 2.05) is 0 Å². The fourth-order valence-electron chi connectivity index (χ4n) is 1.89. The van der Waals surface area contributed by atoms with Gasteiger partial charge in [0.25, 0.3) is 0 Å². The molecule has 0 spiro atoms. The lowest BCUT2D eigenvalue weighted by molar-refractivity contribution is 0.478. The van der Waals surface area contributed by atoms with Gasteiger partial charge in [-0.05, 0) is 56.1 Å². The highest BCUT2D eigenvalue weighted by molar-refractivity contribution is 4.95. The molecule has 0 saturated heterocycles. The maximum Gasteiger partial charge on any atom is -0.00152 e. The second-order valence-electron chi connectivity index (χ2n) is 5.58. The third kappa shape index (κ3) is 3.97. The van der Waals surface area contributed by atoms with Gasteiger partial charge in [-0.25, -0.2) is 0 Å². The Morgan fingerprint density at radius 1 is 1.50 bits per heavy atom. The van der Waals surface area contributed by atoms with Crippen LogP contribution >= 0.6 is 0 Å². The molecule has 2 heteroatoms. The Morgan fingerprint density at radius 2 is 2.14 bits per heavy atom. The Bertz CT molecular complexity index is 166. The van der Waals surface area contributed by atoms with Crippen LogP contribution in [0.4, 0.5) is 0 Å². The van der Waals surface area contributed by atoms with Gasteiger partial charge in [-0.2, -0.15) is 0 Å². The summed E-state index contributed by atoms with van der Waals surface area (Å²) in [6.07, 6.45) is 3.93. The highest BCUT2D eigenvalue weighted by Gasteiger charge is 2.44. The van der Waals surface area contributed by atoms with Gasteiger partial charge in [-0.1, -0.05) is 20.8 Å². The molecule has 14 heavy (non-hydrogen) atoms. The molecular formula is C12H26N2. The van der Waals surface area contributed by atoms with Crippen molar-refractivity contribution in [3.63, 3.8) is 0 Å². The molecule has 0 heterocycles. The van der Waals surface area contributed by atoms with Gasteiger partial charge in [0.2, 0.25) is 0 Å². The van der Waals surface area contributed by atoms with E-state index in [1.165, 1.54) is 25.8 Å². The lowest BCUT2D eigenvalue weighted by atomic mass is 10.1. The van der Waals surface area contributed by atoms with E-state index in [1.54, 1.807) is 0 Å². The van der Waals surface area contributed by atoms with Crippen LogP contribution in [-0.4, -0.2) is 19.6 Å². The molecule has 2 atom stereocenters. The van der Waals surface area contributed by atoms with Crippen LogP contribution in [0.25, 0.3) is 0 Å². The van der Waals surface area contributed by atoms with E-state index >= 15 is 0 Å². The van der Waals surface area contributed by atoms with Crippen molar-refractivity contribution in [3.05, 3.63) is 0 Å². The first-order chi connectivity index (χ1) is 6.56. The molecule has 0 bridgehead atoms. The van der Waals surface area contributed by atoms with Crippen LogP contribution in [0.3, 0.4) is 0 Å². The summed E-state index contributed by atoms with van der Waals surface area (Å²) in [5, 5.41) is 3.54.